The first-order valence-corrected chi connectivity index (χ1v) is 9.36. The summed E-state index contributed by atoms with van der Waals surface area (Å²) in [5, 5.41) is 1.24. The summed E-state index contributed by atoms with van der Waals surface area (Å²) in [5.41, 5.74) is 5.94. The van der Waals surface area contributed by atoms with Crippen LogP contribution in [0.5, 0.6) is 5.75 Å². The molecule has 0 spiro atoms. The van der Waals surface area contributed by atoms with E-state index in [0.717, 1.165) is 29.8 Å². The topological polar surface area (TPSA) is 45.3 Å². The second-order valence-corrected chi connectivity index (χ2v) is 7.05. The summed E-state index contributed by atoms with van der Waals surface area (Å²) >= 11 is 0. The van der Waals surface area contributed by atoms with Gasteiger partial charge in [-0.1, -0.05) is 36.4 Å². The number of nitrogens with zero attached hydrogens (tertiary/aromatic N) is 1. The number of amides is 1. The van der Waals surface area contributed by atoms with Crippen molar-refractivity contribution in [2.75, 3.05) is 19.7 Å². The fourth-order valence-corrected chi connectivity index (χ4v) is 3.59. The number of H-pyrrole nitrogens is 1. The molecule has 0 atom stereocenters. The van der Waals surface area contributed by atoms with Crippen LogP contribution in [0, 0.1) is 13.8 Å². The average Bonchev–Trinajstić information content (AvgIpc) is 3.13. The highest BCUT2D eigenvalue weighted by atomic mass is 16.5. The van der Waals surface area contributed by atoms with Crippen molar-refractivity contribution in [2.24, 2.45) is 0 Å². The van der Waals surface area contributed by atoms with Gasteiger partial charge in [0.15, 0.2) is 6.61 Å². The van der Waals surface area contributed by atoms with Gasteiger partial charge < -0.3 is 14.6 Å². The van der Waals surface area contributed by atoms with Crippen LogP contribution in [0.2, 0.25) is 0 Å². The van der Waals surface area contributed by atoms with Gasteiger partial charge in [0.05, 0.1) is 0 Å². The molecule has 1 aromatic heterocycles. The van der Waals surface area contributed by atoms with Crippen molar-refractivity contribution < 1.29 is 9.53 Å². The molecule has 0 aliphatic carbocycles. The van der Waals surface area contributed by atoms with E-state index in [1.54, 1.807) is 0 Å². The molecule has 4 heteroatoms. The molecule has 27 heavy (non-hydrogen) atoms. The van der Waals surface area contributed by atoms with Gasteiger partial charge in [-0.3, -0.25) is 4.79 Å². The Kier molecular flexibility index (Phi) is 4.71. The summed E-state index contributed by atoms with van der Waals surface area (Å²) in [5.74, 6) is 0.820. The first kappa shape index (κ1) is 17.4. The zero-order valence-electron chi connectivity index (χ0n) is 15.8. The average molecular weight is 360 g/mol. The van der Waals surface area contributed by atoms with Gasteiger partial charge in [0, 0.05) is 35.8 Å². The Balaban J connectivity index is 1.41. The van der Waals surface area contributed by atoms with E-state index in [-0.39, 0.29) is 12.5 Å². The van der Waals surface area contributed by atoms with Crippen LogP contribution in [0.1, 0.15) is 23.1 Å². The van der Waals surface area contributed by atoms with Crippen molar-refractivity contribution in [2.45, 2.75) is 20.3 Å². The Morgan fingerprint density at radius 1 is 1.15 bits per heavy atom. The minimum atomic E-state index is 0.0325. The molecule has 0 radical (unpaired) electrons. The predicted octanol–water partition coefficient (Wildman–Crippen LogP) is 4.48. The summed E-state index contributed by atoms with van der Waals surface area (Å²) < 4.78 is 5.77. The van der Waals surface area contributed by atoms with Gasteiger partial charge >= 0.3 is 0 Å². The van der Waals surface area contributed by atoms with Crippen LogP contribution in [0.15, 0.2) is 54.7 Å². The highest BCUT2D eigenvalue weighted by molar-refractivity contribution is 5.93. The lowest BCUT2D eigenvalue weighted by Crippen LogP contribution is -2.37. The number of hydrogen-bond acceptors (Lipinski definition) is 2. The van der Waals surface area contributed by atoms with Crippen LogP contribution in [0.3, 0.4) is 0 Å². The number of rotatable bonds is 4. The van der Waals surface area contributed by atoms with Crippen LogP contribution >= 0.6 is 0 Å². The Morgan fingerprint density at radius 3 is 2.81 bits per heavy atom. The molecule has 3 aromatic rings. The van der Waals surface area contributed by atoms with E-state index >= 15 is 0 Å². The number of aromatic nitrogens is 1. The van der Waals surface area contributed by atoms with Crippen molar-refractivity contribution in [3.05, 3.63) is 71.4 Å². The SMILES string of the molecule is Cc1cccc(OCC(=O)N2CC=C(c3c[nH]c4ccccc34)CC2)c1C. The predicted molar refractivity (Wildman–Crippen MR) is 109 cm³/mol. The van der Waals surface area contributed by atoms with Crippen LogP contribution in [-0.4, -0.2) is 35.5 Å². The van der Waals surface area contributed by atoms with Crippen molar-refractivity contribution in [1.29, 1.82) is 0 Å². The Morgan fingerprint density at radius 2 is 2.00 bits per heavy atom. The van der Waals surface area contributed by atoms with Crippen LogP contribution in [-0.2, 0) is 4.79 Å². The van der Waals surface area contributed by atoms with Gasteiger partial charge in [0.25, 0.3) is 5.91 Å². The second kappa shape index (κ2) is 7.31. The lowest BCUT2D eigenvalue weighted by Gasteiger charge is -2.26. The molecule has 0 bridgehead atoms. The Labute approximate surface area is 159 Å². The van der Waals surface area contributed by atoms with Crippen LogP contribution in [0.25, 0.3) is 16.5 Å². The van der Waals surface area contributed by atoms with E-state index < -0.39 is 0 Å². The maximum absolute atomic E-state index is 12.5. The molecule has 2 aromatic carbocycles. The molecule has 2 heterocycles. The summed E-state index contributed by atoms with van der Waals surface area (Å²) in [6.07, 6.45) is 5.09. The smallest absolute Gasteiger partial charge is 0.260 e. The Hall–Kier alpha value is -3.01. The number of benzene rings is 2. The molecule has 0 saturated heterocycles. The first-order valence-electron chi connectivity index (χ1n) is 9.36. The number of aromatic amines is 1. The minimum Gasteiger partial charge on any atom is -0.483 e. The molecule has 4 rings (SSSR count). The summed E-state index contributed by atoms with van der Waals surface area (Å²) in [4.78, 5) is 17.7. The lowest BCUT2D eigenvalue weighted by atomic mass is 9.99. The Bertz CT molecular complexity index is 1020. The fraction of sp³-hybridized carbons (Fsp3) is 0.261. The minimum absolute atomic E-state index is 0.0325. The largest absolute Gasteiger partial charge is 0.483 e. The molecule has 0 fully saturated rings. The van der Waals surface area contributed by atoms with Gasteiger partial charge in [0.1, 0.15) is 5.75 Å². The van der Waals surface area contributed by atoms with E-state index in [4.69, 9.17) is 4.74 Å². The van der Waals surface area contributed by atoms with Crippen molar-refractivity contribution in [1.82, 2.24) is 9.88 Å². The number of nitrogens with one attached hydrogen (secondary N) is 1. The molecule has 138 valence electrons. The van der Waals surface area contributed by atoms with Crippen molar-refractivity contribution in [3.63, 3.8) is 0 Å². The monoisotopic (exact) mass is 360 g/mol. The molecule has 1 amide bonds. The number of carbonyl (C=O) groups is 1. The normalized spacial score (nSPS) is 14.3. The number of carbonyl (C=O) groups excluding carboxylic acids is 1. The standard InChI is InChI=1S/C23H24N2O2/c1-16-6-5-9-22(17(16)2)27-15-23(26)25-12-10-18(11-13-25)20-14-24-21-8-4-3-7-19(20)21/h3-10,14,24H,11-13,15H2,1-2H3. The molecule has 1 N–H and O–H groups in total. The summed E-state index contributed by atoms with van der Waals surface area (Å²) in [6.45, 7) is 5.50. The van der Waals surface area contributed by atoms with Gasteiger partial charge in [-0.15, -0.1) is 0 Å². The molecule has 0 saturated carbocycles. The van der Waals surface area contributed by atoms with Crippen molar-refractivity contribution >= 4 is 22.4 Å². The first-order chi connectivity index (χ1) is 13.1. The number of aryl methyl sites for hydroxylation is 1. The van der Waals surface area contributed by atoms with Gasteiger partial charge in [0.2, 0.25) is 0 Å². The molecule has 1 aliphatic rings. The van der Waals surface area contributed by atoms with E-state index in [2.05, 4.69) is 35.5 Å². The fourth-order valence-electron chi connectivity index (χ4n) is 3.59. The third-order valence-electron chi connectivity index (χ3n) is 5.40. The molecule has 4 nitrogen and oxygen atoms in total. The van der Waals surface area contributed by atoms with E-state index in [9.17, 15) is 4.79 Å². The van der Waals surface area contributed by atoms with E-state index in [0.29, 0.717) is 6.54 Å². The highest BCUT2D eigenvalue weighted by Gasteiger charge is 2.20. The van der Waals surface area contributed by atoms with E-state index in [1.807, 2.05) is 43.0 Å². The number of hydrogen-bond donors (Lipinski definition) is 1. The molecular weight excluding hydrogens is 336 g/mol. The summed E-state index contributed by atoms with van der Waals surface area (Å²) in [6, 6.07) is 14.2. The lowest BCUT2D eigenvalue weighted by molar-refractivity contribution is -0.132. The number of ether oxygens (including phenoxy) is 1. The van der Waals surface area contributed by atoms with Gasteiger partial charge in [-0.2, -0.15) is 0 Å². The zero-order valence-corrected chi connectivity index (χ0v) is 15.8. The zero-order chi connectivity index (χ0) is 18.8. The maximum Gasteiger partial charge on any atom is 0.260 e. The summed E-state index contributed by atoms with van der Waals surface area (Å²) in [7, 11) is 0. The third kappa shape index (κ3) is 3.47. The maximum atomic E-state index is 12.5. The van der Waals surface area contributed by atoms with Gasteiger partial charge in [-0.05, 0) is 49.1 Å². The highest BCUT2D eigenvalue weighted by Crippen LogP contribution is 2.29. The van der Waals surface area contributed by atoms with Crippen LogP contribution < -0.4 is 4.74 Å². The quantitative estimate of drug-likeness (QED) is 0.746. The van der Waals surface area contributed by atoms with Crippen LogP contribution in [0.4, 0.5) is 0 Å². The molecule has 0 unspecified atom stereocenters. The number of para-hydroxylation sites is 1. The molecule has 1 aliphatic heterocycles. The molecular formula is C23H24N2O2. The van der Waals surface area contributed by atoms with Crippen molar-refractivity contribution in [3.8, 4) is 5.75 Å². The number of fused-ring (bicyclic) bond motifs is 1. The van der Waals surface area contributed by atoms with E-state index in [1.165, 1.54) is 22.1 Å². The third-order valence-corrected chi connectivity index (χ3v) is 5.40. The van der Waals surface area contributed by atoms with Gasteiger partial charge in [-0.25, -0.2) is 0 Å². The second-order valence-electron chi connectivity index (χ2n) is 7.05.